The third kappa shape index (κ3) is 4.79. The lowest BCUT2D eigenvalue weighted by Crippen LogP contribution is -2.47. The Kier molecular flexibility index (Phi) is 5.33. The molecule has 0 aliphatic rings. The second-order valence-corrected chi connectivity index (χ2v) is 6.08. The molecular weight excluding hydrogens is 294 g/mol. The summed E-state index contributed by atoms with van der Waals surface area (Å²) in [6.07, 6.45) is 1.45. The summed E-state index contributed by atoms with van der Waals surface area (Å²) >= 11 is 0. The molecule has 2 amide bonds. The maximum Gasteiger partial charge on any atom is 0.315 e. The van der Waals surface area contributed by atoms with Crippen molar-refractivity contribution in [1.82, 2.24) is 25.8 Å². The molecule has 124 valence electrons. The number of rotatable bonds is 6. The highest BCUT2D eigenvalue weighted by Crippen LogP contribution is 2.16. The number of aromatic nitrogens is 3. The first kappa shape index (κ1) is 17.0. The van der Waals surface area contributed by atoms with Gasteiger partial charge in [-0.1, -0.05) is 32.0 Å². The van der Waals surface area contributed by atoms with Gasteiger partial charge in [0.05, 0.1) is 5.60 Å². The van der Waals surface area contributed by atoms with Gasteiger partial charge in [-0.25, -0.2) is 9.78 Å². The van der Waals surface area contributed by atoms with Crippen LogP contribution >= 0.6 is 0 Å². The number of hydrogen-bond donors (Lipinski definition) is 4. The molecule has 0 spiro atoms. The van der Waals surface area contributed by atoms with E-state index in [2.05, 4.69) is 25.8 Å². The van der Waals surface area contributed by atoms with Crippen LogP contribution in [0.25, 0.3) is 11.4 Å². The van der Waals surface area contributed by atoms with Crippen LogP contribution < -0.4 is 10.6 Å². The van der Waals surface area contributed by atoms with Crippen LogP contribution in [-0.4, -0.2) is 38.5 Å². The van der Waals surface area contributed by atoms with Crippen molar-refractivity contribution in [3.05, 3.63) is 36.2 Å². The Morgan fingerprint density at radius 3 is 2.83 bits per heavy atom. The lowest BCUT2D eigenvalue weighted by atomic mass is 9.93. The summed E-state index contributed by atoms with van der Waals surface area (Å²) in [6.45, 7) is 6.12. The van der Waals surface area contributed by atoms with Gasteiger partial charge in [-0.05, 0) is 24.5 Å². The van der Waals surface area contributed by atoms with Gasteiger partial charge in [0.15, 0.2) is 5.82 Å². The molecule has 0 radical (unpaired) electrons. The zero-order valence-corrected chi connectivity index (χ0v) is 13.6. The molecule has 1 heterocycles. The van der Waals surface area contributed by atoms with E-state index < -0.39 is 5.60 Å². The highest BCUT2D eigenvalue weighted by atomic mass is 16.3. The van der Waals surface area contributed by atoms with Crippen molar-refractivity contribution in [2.45, 2.75) is 32.9 Å². The van der Waals surface area contributed by atoms with Crippen LogP contribution in [0.4, 0.5) is 4.79 Å². The minimum Gasteiger partial charge on any atom is -0.388 e. The second kappa shape index (κ2) is 7.23. The summed E-state index contributed by atoms with van der Waals surface area (Å²) < 4.78 is 0. The maximum atomic E-state index is 11.8. The molecule has 0 aliphatic carbocycles. The number of aliphatic hydroxyl groups is 1. The SMILES string of the molecule is CC(C)C(C)(O)CNC(=O)NCc1cccc(-c2ncn[nH]2)c1. The number of aromatic amines is 1. The normalized spacial score (nSPS) is 13.6. The van der Waals surface area contributed by atoms with Gasteiger partial charge in [-0.15, -0.1) is 0 Å². The number of benzene rings is 1. The Bertz CT molecular complexity index is 638. The lowest BCUT2D eigenvalue weighted by Gasteiger charge is -2.27. The highest BCUT2D eigenvalue weighted by molar-refractivity contribution is 5.74. The molecule has 1 aromatic carbocycles. The molecule has 2 rings (SSSR count). The molecule has 0 bridgehead atoms. The summed E-state index contributed by atoms with van der Waals surface area (Å²) in [5, 5.41) is 22.2. The number of hydrogen-bond acceptors (Lipinski definition) is 4. The minimum absolute atomic E-state index is 0.0568. The van der Waals surface area contributed by atoms with E-state index in [1.54, 1.807) is 6.92 Å². The van der Waals surface area contributed by atoms with Crippen molar-refractivity contribution in [1.29, 1.82) is 0 Å². The van der Waals surface area contributed by atoms with Gasteiger partial charge >= 0.3 is 6.03 Å². The summed E-state index contributed by atoms with van der Waals surface area (Å²) in [6, 6.07) is 7.37. The zero-order valence-electron chi connectivity index (χ0n) is 13.6. The van der Waals surface area contributed by atoms with Crippen molar-refractivity contribution in [3.63, 3.8) is 0 Å². The van der Waals surface area contributed by atoms with Crippen LogP contribution in [0.15, 0.2) is 30.6 Å². The molecule has 0 saturated heterocycles. The first-order valence-electron chi connectivity index (χ1n) is 7.57. The van der Waals surface area contributed by atoms with E-state index >= 15 is 0 Å². The fourth-order valence-corrected chi connectivity index (χ4v) is 1.88. The van der Waals surface area contributed by atoms with E-state index in [9.17, 15) is 9.90 Å². The maximum absolute atomic E-state index is 11.8. The molecule has 7 nitrogen and oxygen atoms in total. The van der Waals surface area contributed by atoms with Gasteiger partial charge in [-0.3, -0.25) is 5.10 Å². The number of urea groups is 1. The number of nitrogens with zero attached hydrogens (tertiary/aromatic N) is 2. The van der Waals surface area contributed by atoms with Crippen LogP contribution in [0.2, 0.25) is 0 Å². The Balaban J connectivity index is 1.86. The van der Waals surface area contributed by atoms with Crippen LogP contribution in [0.5, 0.6) is 0 Å². The van der Waals surface area contributed by atoms with Crippen LogP contribution in [0.3, 0.4) is 0 Å². The fraction of sp³-hybridized carbons (Fsp3) is 0.438. The standard InChI is InChI=1S/C16H23N5O2/c1-11(2)16(3,23)9-18-15(22)17-8-12-5-4-6-13(7-12)14-19-10-20-21-14/h4-7,10-11,23H,8-9H2,1-3H3,(H2,17,18,22)(H,19,20,21). The number of carbonyl (C=O) groups excluding carboxylic acids is 1. The first-order chi connectivity index (χ1) is 10.9. The lowest BCUT2D eigenvalue weighted by molar-refractivity contribution is 0.0166. The molecule has 0 fully saturated rings. The molecule has 1 atom stereocenters. The predicted octanol–water partition coefficient (Wildman–Crippen LogP) is 1.68. The van der Waals surface area contributed by atoms with Crippen molar-refractivity contribution in [2.75, 3.05) is 6.54 Å². The van der Waals surface area contributed by atoms with Gasteiger partial charge in [0.1, 0.15) is 6.33 Å². The smallest absolute Gasteiger partial charge is 0.315 e. The average molecular weight is 317 g/mol. The van der Waals surface area contributed by atoms with E-state index in [1.807, 2.05) is 38.1 Å². The van der Waals surface area contributed by atoms with Gasteiger partial charge in [0.25, 0.3) is 0 Å². The monoisotopic (exact) mass is 317 g/mol. The summed E-state index contributed by atoms with van der Waals surface area (Å²) in [5.74, 6) is 0.741. The zero-order chi connectivity index (χ0) is 16.9. The number of nitrogens with one attached hydrogen (secondary N) is 3. The molecule has 0 aliphatic heterocycles. The molecule has 1 unspecified atom stereocenters. The number of H-pyrrole nitrogens is 1. The molecule has 1 aromatic heterocycles. The van der Waals surface area contributed by atoms with E-state index in [-0.39, 0.29) is 18.5 Å². The Morgan fingerprint density at radius 1 is 1.39 bits per heavy atom. The van der Waals surface area contributed by atoms with E-state index in [4.69, 9.17) is 0 Å². The van der Waals surface area contributed by atoms with Crippen molar-refractivity contribution in [3.8, 4) is 11.4 Å². The van der Waals surface area contributed by atoms with Crippen LogP contribution in [0.1, 0.15) is 26.3 Å². The van der Waals surface area contributed by atoms with Crippen molar-refractivity contribution in [2.24, 2.45) is 5.92 Å². The summed E-state index contributed by atoms with van der Waals surface area (Å²) in [7, 11) is 0. The third-order valence-corrected chi connectivity index (χ3v) is 3.92. The van der Waals surface area contributed by atoms with E-state index in [0.717, 1.165) is 11.1 Å². The van der Waals surface area contributed by atoms with Crippen LogP contribution in [-0.2, 0) is 6.54 Å². The van der Waals surface area contributed by atoms with Gasteiger partial charge in [0, 0.05) is 18.7 Å². The second-order valence-electron chi connectivity index (χ2n) is 6.08. The van der Waals surface area contributed by atoms with Gasteiger partial charge in [0.2, 0.25) is 0 Å². The van der Waals surface area contributed by atoms with Crippen molar-refractivity contribution >= 4 is 6.03 Å². The average Bonchev–Trinajstić information content (AvgIpc) is 3.05. The van der Waals surface area contributed by atoms with E-state index in [1.165, 1.54) is 6.33 Å². The molecule has 23 heavy (non-hydrogen) atoms. The molecule has 0 saturated carbocycles. The third-order valence-electron chi connectivity index (χ3n) is 3.92. The fourth-order valence-electron chi connectivity index (χ4n) is 1.88. The van der Waals surface area contributed by atoms with E-state index in [0.29, 0.717) is 12.4 Å². The molecular formula is C16H23N5O2. The summed E-state index contributed by atoms with van der Waals surface area (Å²) in [5.41, 5.74) is 0.929. The Morgan fingerprint density at radius 2 is 2.17 bits per heavy atom. The molecule has 4 N–H and O–H groups in total. The minimum atomic E-state index is -0.927. The predicted molar refractivity (Wildman–Crippen MR) is 87.5 cm³/mol. The topological polar surface area (TPSA) is 103 Å². The van der Waals surface area contributed by atoms with Gasteiger partial charge in [-0.2, -0.15) is 5.10 Å². The quantitative estimate of drug-likeness (QED) is 0.651. The highest BCUT2D eigenvalue weighted by Gasteiger charge is 2.25. The van der Waals surface area contributed by atoms with Gasteiger partial charge < -0.3 is 15.7 Å². The van der Waals surface area contributed by atoms with Crippen molar-refractivity contribution < 1.29 is 9.90 Å². The summed E-state index contributed by atoms with van der Waals surface area (Å²) in [4.78, 5) is 15.9. The first-order valence-corrected chi connectivity index (χ1v) is 7.57. The number of amides is 2. The Hall–Kier alpha value is -2.41. The Labute approximate surface area is 135 Å². The molecule has 7 heteroatoms. The molecule has 2 aromatic rings. The van der Waals surface area contributed by atoms with Crippen LogP contribution in [0, 0.1) is 5.92 Å². The largest absolute Gasteiger partial charge is 0.388 e. The number of carbonyl (C=O) groups is 1.